The Morgan fingerprint density at radius 3 is 2.39 bits per heavy atom. The Morgan fingerprint density at radius 1 is 1.04 bits per heavy atom. The van der Waals surface area contributed by atoms with E-state index < -0.39 is 0 Å². The van der Waals surface area contributed by atoms with E-state index in [4.69, 9.17) is 5.73 Å². The minimum absolute atomic E-state index is 0.0661. The van der Waals surface area contributed by atoms with Crippen molar-refractivity contribution in [3.05, 3.63) is 35.4 Å². The number of carbonyl (C=O) groups is 2. The number of nitrogens with one attached hydrogen (secondary N) is 2. The highest BCUT2D eigenvalue weighted by Gasteiger charge is 2.22. The number of rotatable bonds is 8. The van der Waals surface area contributed by atoms with E-state index in [0.29, 0.717) is 25.2 Å². The Labute approximate surface area is 138 Å². The van der Waals surface area contributed by atoms with Crippen molar-refractivity contribution in [1.82, 2.24) is 10.6 Å². The van der Waals surface area contributed by atoms with E-state index in [9.17, 15) is 9.59 Å². The number of nitrogens with two attached hydrogens (primary N) is 1. The maximum atomic E-state index is 12.0. The smallest absolute Gasteiger partial charge is 0.251 e. The van der Waals surface area contributed by atoms with Crippen LogP contribution in [-0.4, -0.2) is 24.9 Å². The molecule has 1 aliphatic carbocycles. The van der Waals surface area contributed by atoms with E-state index in [1.165, 1.54) is 0 Å². The first-order valence-corrected chi connectivity index (χ1v) is 8.55. The Balaban J connectivity index is 1.75. The van der Waals surface area contributed by atoms with Crippen LogP contribution in [0.15, 0.2) is 24.3 Å². The molecule has 126 valence electrons. The first kappa shape index (κ1) is 17.5. The fourth-order valence-corrected chi connectivity index (χ4v) is 2.87. The van der Waals surface area contributed by atoms with Crippen LogP contribution in [0.3, 0.4) is 0 Å². The lowest BCUT2D eigenvalue weighted by Gasteiger charge is -2.11. The maximum Gasteiger partial charge on any atom is 0.251 e. The Bertz CT molecular complexity index is 508. The zero-order valence-electron chi connectivity index (χ0n) is 13.6. The first-order chi connectivity index (χ1) is 11.2. The van der Waals surface area contributed by atoms with Gasteiger partial charge < -0.3 is 16.4 Å². The van der Waals surface area contributed by atoms with Crippen LogP contribution < -0.4 is 16.4 Å². The molecule has 0 aromatic heterocycles. The molecule has 0 atom stereocenters. The van der Waals surface area contributed by atoms with Crippen LogP contribution >= 0.6 is 0 Å². The number of benzene rings is 1. The SMILES string of the molecule is NCCCCNC(=O)c1ccc(CNC(=O)C2CCCC2)cc1. The fourth-order valence-electron chi connectivity index (χ4n) is 2.87. The van der Waals surface area contributed by atoms with Gasteiger partial charge in [0.2, 0.25) is 5.91 Å². The molecule has 1 aliphatic rings. The first-order valence-electron chi connectivity index (χ1n) is 8.55. The van der Waals surface area contributed by atoms with Gasteiger partial charge >= 0.3 is 0 Å². The summed E-state index contributed by atoms with van der Waals surface area (Å²) in [5.74, 6) is 0.279. The monoisotopic (exact) mass is 317 g/mol. The highest BCUT2D eigenvalue weighted by Crippen LogP contribution is 2.24. The lowest BCUT2D eigenvalue weighted by Crippen LogP contribution is -2.28. The van der Waals surface area contributed by atoms with Gasteiger partial charge in [-0.05, 0) is 49.9 Å². The zero-order valence-corrected chi connectivity index (χ0v) is 13.6. The van der Waals surface area contributed by atoms with Gasteiger partial charge in [-0.1, -0.05) is 25.0 Å². The summed E-state index contributed by atoms with van der Waals surface area (Å²) in [7, 11) is 0. The molecular formula is C18H27N3O2. The molecule has 4 N–H and O–H groups in total. The van der Waals surface area contributed by atoms with Crippen molar-refractivity contribution in [3.8, 4) is 0 Å². The number of hydrogen-bond donors (Lipinski definition) is 3. The fraction of sp³-hybridized carbons (Fsp3) is 0.556. The Kier molecular flexibility index (Phi) is 7.07. The molecule has 0 radical (unpaired) electrons. The van der Waals surface area contributed by atoms with Crippen molar-refractivity contribution in [2.75, 3.05) is 13.1 Å². The van der Waals surface area contributed by atoms with Gasteiger partial charge in [-0.25, -0.2) is 0 Å². The van der Waals surface area contributed by atoms with E-state index in [-0.39, 0.29) is 17.7 Å². The van der Waals surface area contributed by atoms with Gasteiger partial charge in [-0.2, -0.15) is 0 Å². The molecule has 1 saturated carbocycles. The van der Waals surface area contributed by atoms with Gasteiger partial charge in [0.15, 0.2) is 0 Å². The predicted molar refractivity (Wildman–Crippen MR) is 90.9 cm³/mol. The predicted octanol–water partition coefficient (Wildman–Crippen LogP) is 1.96. The molecule has 2 amide bonds. The van der Waals surface area contributed by atoms with Gasteiger partial charge in [0.05, 0.1) is 0 Å². The molecule has 0 saturated heterocycles. The molecule has 23 heavy (non-hydrogen) atoms. The standard InChI is InChI=1S/C18H27N3O2/c19-11-3-4-12-20-17(22)16-9-7-14(8-10-16)13-21-18(23)15-5-1-2-6-15/h7-10,15H,1-6,11-13,19H2,(H,20,22)(H,21,23). The van der Waals surface area contributed by atoms with Crippen molar-refractivity contribution < 1.29 is 9.59 Å². The van der Waals surface area contributed by atoms with E-state index in [1.807, 2.05) is 12.1 Å². The topological polar surface area (TPSA) is 84.2 Å². The summed E-state index contributed by atoms with van der Waals surface area (Å²) >= 11 is 0. The quantitative estimate of drug-likeness (QED) is 0.641. The number of unbranched alkanes of at least 4 members (excludes halogenated alkanes) is 1. The summed E-state index contributed by atoms with van der Waals surface area (Å²) in [5, 5.41) is 5.86. The van der Waals surface area contributed by atoms with Crippen molar-refractivity contribution in [2.24, 2.45) is 11.7 Å². The highest BCUT2D eigenvalue weighted by atomic mass is 16.2. The summed E-state index contributed by atoms with van der Waals surface area (Å²) in [4.78, 5) is 23.9. The Hall–Kier alpha value is -1.88. The molecule has 1 aromatic carbocycles. The van der Waals surface area contributed by atoms with Crippen molar-refractivity contribution in [1.29, 1.82) is 0 Å². The average Bonchev–Trinajstić information content (AvgIpc) is 3.11. The summed E-state index contributed by atoms with van der Waals surface area (Å²) in [6.07, 6.45) is 6.15. The van der Waals surface area contributed by atoms with Crippen LogP contribution in [0.4, 0.5) is 0 Å². The van der Waals surface area contributed by atoms with Crippen molar-refractivity contribution >= 4 is 11.8 Å². The summed E-state index contributed by atoms with van der Waals surface area (Å²) in [6, 6.07) is 7.39. The van der Waals surface area contributed by atoms with Crippen LogP contribution in [0.2, 0.25) is 0 Å². The second-order valence-corrected chi connectivity index (χ2v) is 6.15. The highest BCUT2D eigenvalue weighted by molar-refractivity contribution is 5.94. The molecule has 5 nitrogen and oxygen atoms in total. The third-order valence-corrected chi connectivity index (χ3v) is 4.33. The molecule has 0 heterocycles. The van der Waals surface area contributed by atoms with Gasteiger partial charge in [-0.3, -0.25) is 9.59 Å². The number of amides is 2. The number of hydrogen-bond acceptors (Lipinski definition) is 3. The Morgan fingerprint density at radius 2 is 1.74 bits per heavy atom. The van der Waals surface area contributed by atoms with E-state index >= 15 is 0 Å². The van der Waals surface area contributed by atoms with E-state index in [1.54, 1.807) is 12.1 Å². The van der Waals surface area contributed by atoms with Crippen LogP contribution in [0.1, 0.15) is 54.4 Å². The molecule has 1 fully saturated rings. The largest absolute Gasteiger partial charge is 0.352 e. The van der Waals surface area contributed by atoms with Crippen LogP contribution in [-0.2, 0) is 11.3 Å². The van der Waals surface area contributed by atoms with Gasteiger partial charge in [0, 0.05) is 24.6 Å². The molecule has 0 unspecified atom stereocenters. The van der Waals surface area contributed by atoms with Crippen LogP contribution in [0.5, 0.6) is 0 Å². The second kappa shape index (κ2) is 9.30. The summed E-state index contributed by atoms with van der Waals surface area (Å²) in [5.41, 5.74) is 7.07. The van der Waals surface area contributed by atoms with Crippen LogP contribution in [0, 0.1) is 5.92 Å². The normalized spacial score (nSPS) is 14.7. The van der Waals surface area contributed by atoms with Gasteiger partial charge in [-0.15, -0.1) is 0 Å². The van der Waals surface area contributed by atoms with E-state index in [2.05, 4.69) is 10.6 Å². The molecule has 5 heteroatoms. The third-order valence-electron chi connectivity index (χ3n) is 4.33. The average molecular weight is 317 g/mol. The minimum atomic E-state index is -0.0661. The number of carbonyl (C=O) groups excluding carboxylic acids is 2. The van der Waals surface area contributed by atoms with Crippen molar-refractivity contribution in [3.63, 3.8) is 0 Å². The summed E-state index contributed by atoms with van der Waals surface area (Å²) < 4.78 is 0. The molecular weight excluding hydrogens is 290 g/mol. The molecule has 0 spiro atoms. The lowest BCUT2D eigenvalue weighted by atomic mass is 10.1. The van der Waals surface area contributed by atoms with Crippen molar-refractivity contribution in [2.45, 2.75) is 45.1 Å². The third kappa shape index (κ3) is 5.67. The van der Waals surface area contributed by atoms with E-state index in [0.717, 1.165) is 44.1 Å². The molecule has 1 aromatic rings. The lowest BCUT2D eigenvalue weighted by molar-refractivity contribution is -0.124. The van der Waals surface area contributed by atoms with Gasteiger partial charge in [0.25, 0.3) is 5.91 Å². The molecule has 2 rings (SSSR count). The van der Waals surface area contributed by atoms with Gasteiger partial charge in [0.1, 0.15) is 0 Å². The maximum absolute atomic E-state index is 12.0. The molecule has 0 bridgehead atoms. The summed E-state index contributed by atoms with van der Waals surface area (Å²) in [6.45, 7) is 1.82. The minimum Gasteiger partial charge on any atom is -0.352 e. The molecule has 0 aliphatic heterocycles. The zero-order chi connectivity index (χ0) is 16.5. The van der Waals surface area contributed by atoms with Crippen LogP contribution in [0.25, 0.3) is 0 Å². The second-order valence-electron chi connectivity index (χ2n) is 6.15.